The molecule has 2 rings (SSSR count). The van der Waals surface area contributed by atoms with E-state index in [0.717, 1.165) is 16.8 Å². The first-order chi connectivity index (χ1) is 8.79. The number of aromatic nitrogens is 2. The highest BCUT2D eigenvalue weighted by Crippen LogP contribution is 2.11. The summed E-state index contributed by atoms with van der Waals surface area (Å²) < 4.78 is 31.4. The van der Waals surface area contributed by atoms with Crippen molar-refractivity contribution >= 4 is 16.1 Å². The maximum absolute atomic E-state index is 11.5. The average Bonchev–Trinajstić information content (AvgIpc) is 2.70. The van der Waals surface area contributed by atoms with E-state index in [0.29, 0.717) is 0 Å². The van der Waals surface area contributed by atoms with Crippen LogP contribution in [-0.2, 0) is 10.1 Å². The second-order valence-electron chi connectivity index (χ2n) is 3.53. The van der Waals surface area contributed by atoms with Gasteiger partial charge in [-0.15, -0.1) is 0 Å². The van der Waals surface area contributed by atoms with E-state index in [1.165, 1.54) is 12.1 Å². The van der Waals surface area contributed by atoms with Crippen molar-refractivity contribution in [2.75, 3.05) is 0 Å². The number of carbonyl (C=O) groups is 1. The van der Waals surface area contributed by atoms with Crippen LogP contribution in [0.2, 0.25) is 0 Å². The highest BCUT2D eigenvalue weighted by molar-refractivity contribution is 7.85. The van der Waals surface area contributed by atoms with Crippen LogP contribution in [0.3, 0.4) is 0 Å². The SMILES string of the molecule is O=C(O)c1[c]c(=O)n(-c2ccc(S(=O)(=O)O)cc2)[nH]1. The van der Waals surface area contributed by atoms with Crippen molar-refractivity contribution in [2.24, 2.45) is 0 Å². The van der Waals surface area contributed by atoms with Crippen molar-refractivity contribution in [3.8, 4) is 5.69 Å². The van der Waals surface area contributed by atoms with Gasteiger partial charge in [0.1, 0.15) is 0 Å². The summed E-state index contributed by atoms with van der Waals surface area (Å²) in [6, 6.07) is 6.71. The van der Waals surface area contributed by atoms with Gasteiger partial charge in [0.2, 0.25) is 0 Å². The number of hydrogen-bond donors (Lipinski definition) is 3. The molecule has 0 aliphatic rings. The Morgan fingerprint density at radius 3 is 2.26 bits per heavy atom. The Balaban J connectivity index is 2.49. The first kappa shape index (κ1) is 13.1. The van der Waals surface area contributed by atoms with Crippen LogP contribution in [-0.4, -0.2) is 33.8 Å². The van der Waals surface area contributed by atoms with Crippen molar-refractivity contribution in [2.45, 2.75) is 4.90 Å². The van der Waals surface area contributed by atoms with Crippen LogP contribution in [0.1, 0.15) is 10.5 Å². The van der Waals surface area contributed by atoms with Gasteiger partial charge in [-0.25, -0.2) is 9.48 Å². The van der Waals surface area contributed by atoms with E-state index in [4.69, 9.17) is 9.66 Å². The smallest absolute Gasteiger partial charge is 0.354 e. The molecule has 1 radical (unpaired) electrons. The van der Waals surface area contributed by atoms with E-state index < -0.39 is 27.3 Å². The molecule has 99 valence electrons. The summed E-state index contributed by atoms with van der Waals surface area (Å²) in [5.74, 6) is -1.34. The van der Waals surface area contributed by atoms with Crippen LogP contribution >= 0.6 is 0 Å². The van der Waals surface area contributed by atoms with Crippen LogP contribution in [0.4, 0.5) is 0 Å². The minimum absolute atomic E-state index is 0.209. The number of hydrogen-bond acceptors (Lipinski definition) is 4. The number of nitrogens with one attached hydrogen (secondary N) is 1. The molecule has 0 saturated carbocycles. The Hall–Kier alpha value is -2.39. The number of aromatic carboxylic acids is 1. The number of aromatic amines is 1. The van der Waals surface area contributed by atoms with Gasteiger partial charge in [-0.2, -0.15) is 8.42 Å². The van der Waals surface area contributed by atoms with Gasteiger partial charge in [0, 0.05) is 0 Å². The quantitative estimate of drug-likeness (QED) is 0.675. The molecule has 1 heterocycles. The molecule has 1 aromatic heterocycles. The highest BCUT2D eigenvalue weighted by atomic mass is 32.2. The fraction of sp³-hybridized carbons (Fsp3) is 0. The van der Waals surface area contributed by atoms with Crippen molar-refractivity contribution in [1.82, 2.24) is 9.78 Å². The molecule has 0 spiro atoms. The lowest BCUT2D eigenvalue weighted by Crippen LogP contribution is -2.13. The molecule has 1 aromatic carbocycles. The molecule has 0 bridgehead atoms. The van der Waals surface area contributed by atoms with E-state index in [-0.39, 0.29) is 10.6 Å². The summed E-state index contributed by atoms with van der Waals surface area (Å²) in [5, 5.41) is 11.0. The Kier molecular flexibility index (Phi) is 3.00. The molecule has 0 aliphatic heterocycles. The monoisotopic (exact) mass is 283 g/mol. The molecule has 0 fully saturated rings. The van der Waals surface area contributed by atoms with E-state index in [2.05, 4.69) is 11.2 Å². The summed E-state index contributed by atoms with van der Waals surface area (Å²) in [6.45, 7) is 0. The highest BCUT2D eigenvalue weighted by Gasteiger charge is 2.13. The lowest BCUT2D eigenvalue weighted by Gasteiger charge is -2.02. The number of rotatable bonds is 3. The Labute approximate surface area is 106 Å². The molecule has 2 aromatic rings. The van der Waals surface area contributed by atoms with Gasteiger partial charge >= 0.3 is 5.97 Å². The maximum Gasteiger partial charge on any atom is 0.354 e. The minimum Gasteiger partial charge on any atom is -0.477 e. The Morgan fingerprint density at radius 2 is 1.84 bits per heavy atom. The fourth-order valence-corrected chi connectivity index (χ4v) is 1.88. The molecule has 9 heteroatoms. The first-order valence-corrected chi connectivity index (χ1v) is 6.28. The number of carboxylic acid groups (broad SMARTS) is 1. The van der Waals surface area contributed by atoms with Crippen LogP contribution in [0.5, 0.6) is 0 Å². The van der Waals surface area contributed by atoms with Crippen LogP contribution in [0.15, 0.2) is 34.0 Å². The standard InChI is InChI=1S/C10H7N2O6S/c13-9-5-8(10(14)15)11-12(9)6-1-3-7(4-2-6)19(16,17)18/h1-4,11H,(H,14,15)(H,16,17,18). The van der Waals surface area contributed by atoms with E-state index >= 15 is 0 Å². The fourth-order valence-electron chi connectivity index (χ4n) is 1.40. The molecule has 0 unspecified atom stereocenters. The molecular weight excluding hydrogens is 276 g/mol. The zero-order valence-corrected chi connectivity index (χ0v) is 10.0. The van der Waals surface area contributed by atoms with Gasteiger partial charge in [0.05, 0.1) is 16.6 Å². The van der Waals surface area contributed by atoms with Crippen molar-refractivity contribution < 1.29 is 22.9 Å². The molecule has 8 nitrogen and oxygen atoms in total. The third kappa shape index (κ3) is 2.56. The lowest BCUT2D eigenvalue weighted by molar-refractivity contribution is 0.0689. The van der Waals surface area contributed by atoms with Gasteiger partial charge in [-0.1, -0.05) is 0 Å². The topological polar surface area (TPSA) is 129 Å². The summed E-state index contributed by atoms with van der Waals surface area (Å²) in [7, 11) is -4.32. The van der Waals surface area contributed by atoms with E-state index in [1.807, 2.05) is 0 Å². The van der Waals surface area contributed by atoms with Gasteiger partial charge < -0.3 is 5.11 Å². The van der Waals surface area contributed by atoms with E-state index in [1.54, 1.807) is 0 Å². The Bertz CT molecular complexity index is 784. The average molecular weight is 283 g/mol. The van der Waals surface area contributed by atoms with Crippen molar-refractivity contribution in [3.05, 3.63) is 46.4 Å². The van der Waals surface area contributed by atoms with Crippen molar-refractivity contribution in [3.63, 3.8) is 0 Å². The predicted molar refractivity (Wildman–Crippen MR) is 62.0 cm³/mol. The van der Waals surface area contributed by atoms with Crippen LogP contribution in [0, 0.1) is 6.07 Å². The van der Waals surface area contributed by atoms with Crippen LogP contribution < -0.4 is 5.56 Å². The first-order valence-electron chi connectivity index (χ1n) is 4.84. The molecule has 0 atom stereocenters. The molecule has 19 heavy (non-hydrogen) atoms. The summed E-state index contributed by atoms with van der Waals surface area (Å²) >= 11 is 0. The number of benzene rings is 1. The van der Waals surface area contributed by atoms with Crippen LogP contribution in [0.25, 0.3) is 5.69 Å². The molecule has 0 aliphatic carbocycles. The summed E-state index contributed by atoms with van der Waals surface area (Å²) in [4.78, 5) is 21.8. The lowest BCUT2D eigenvalue weighted by atomic mass is 10.3. The number of carboxylic acids is 1. The van der Waals surface area contributed by atoms with Gasteiger partial charge in [0.25, 0.3) is 15.7 Å². The Morgan fingerprint density at radius 1 is 1.26 bits per heavy atom. The largest absolute Gasteiger partial charge is 0.477 e. The number of nitrogens with zero attached hydrogens (tertiary/aromatic N) is 1. The third-order valence-electron chi connectivity index (χ3n) is 2.27. The normalized spacial score (nSPS) is 11.4. The van der Waals surface area contributed by atoms with Gasteiger partial charge in [0.15, 0.2) is 5.69 Å². The second kappa shape index (κ2) is 4.37. The molecule has 0 saturated heterocycles. The zero-order valence-electron chi connectivity index (χ0n) is 9.19. The van der Waals surface area contributed by atoms with E-state index in [9.17, 15) is 18.0 Å². The number of H-pyrrole nitrogens is 1. The third-order valence-corrected chi connectivity index (χ3v) is 3.13. The zero-order chi connectivity index (χ0) is 14.2. The summed E-state index contributed by atoms with van der Waals surface area (Å²) in [5.41, 5.74) is -0.929. The minimum atomic E-state index is -4.32. The molecular formula is C10H7N2O6S. The predicted octanol–water partition coefficient (Wildman–Crippen LogP) is -0.0893. The molecule has 0 amide bonds. The molecule has 3 N–H and O–H groups in total. The second-order valence-corrected chi connectivity index (χ2v) is 4.95. The summed E-state index contributed by atoms with van der Waals surface area (Å²) in [6.07, 6.45) is 0. The van der Waals surface area contributed by atoms with Gasteiger partial charge in [-0.05, 0) is 24.3 Å². The maximum atomic E-state index is 11.5. The van der Waals surface area contributed by atoms with Gasteiger partial charge in [-0.3, -0.25) is 14.4 Å². The van der Waals surface area contributed by atoms with Crippen molar-refractivity contribution in [1.29, 1.82) is 0 Å².